The highest BCUT2D eigenvalue weighted by molar-refractivity contribution is 7.90. The standard InChI is InChI=1S/C49H56ClN7O7S/c1-49(2)15-12-36(43(29-49)34-6-8-37(50)9-7-34)31-55-20-22-56(23-21-55)38-10-11-41(46(26-38)64-39-25-35-13-16-51-47(35)52-30-39)48(58)53-65(61,62)40-27-44(57(59)60)42-24-33(32-63-45(42)28-40)14-19-54-17-4-3-5-18-54/h6-11,13,16,25-28,30,33H,3-5,12,14-15,17-24,29,31-32H2,1-2H3,(H,51,52)(H,53,58)/t33-/m1/s1. The number of H-pyrrole nitrogens is 1. The lowest BCUT2D eigenvalue weighted by Gasteiger charge is -2.39. The summed E-state index contributed by atoms with van der Waals surface area (Å²) in [6.07, 6.45) is 11.3. The first kappa shape index (κ1) is 44.7. The van der Waals surface area contributed by atoms with Crippen LogP contribution in [0.4, 0.5) is 11.4 Å². The third-order valence-electron chi connectivity index (χ3n) is 13.5. The number of likely N-dealkylation sites (tertiary alicyclic amines) is 1. The Kier molecular flexibility index (Phi) is 12.9. The maximum Gasteiger partial charge on any atom is 0.277 e. The second-order valence-corrected chi connectivity index (χ2v) is 20.9. The molecule has 3 aromatic carbocycles. The molecule has 16 heteroatoms. The number of halogens is 1. The van der Waals surface area contributed by atoms with Gasteiger partial charge in [-0.3, -0.25) is 19.8 Å². The lowest BCUT2D eigenvalue weighted by molar-refractivity contribution is -0.386. The molecule has 3 aliphatic heterocycles. The summed E-state index contributed by atoms with van der Waals surface area (Å²) in [6.45, 7) is 12.0. The van der Waals surface area contributed by atoms with Crippen LogP contribution in [0.3, 0.4) is 0 Å². The van der Waals surface area contributed by atoms with E-state index in [-0.39, 0.29) is 34.1 Å². The number of nitrogens with one attached hydrogen (secondary N) is 2. The Morgan fingerprint density at radius 2 is 1.78 bits per heavy atom. The van der Waals surface area contributed by atoms with Crippen LogP contribution in [0.15, 0.2) is 89.6 Å². The van der Waals surface area contributed by atoms with E-state index in [0.29, 0.717) is 30.0 Å². The number of benzene rings is 3. The first-order valence-corrected chi connectivity index (χ1v) is 24.6. The summed E-state index contributed by atoms with van der Waals surface area (Å²) < 4.78 is 42.4. The van der Waals surface area contributed by atoms with Crippen LogP contribution in [0, 0.1) is 21.4 Å². The summed E-state index contributed by atoms with van der Waals surface area (Å²) in [6, 6.07) is 19.2. The Morgan fingerprint density at radius 1 is 1.00 bits per heavy atom. The molecule has 342 valence electrons. The van der Waals surface area contributed by atoms with E-state index in [1.54, 1.807) is 30.5 Å². The molecule has 1 atom stereocenters. The van der Waals surface area contributed by atoms with Crippen LogP contribution in [-0.2, 0) is 16.4 Å². The van der Waals surface area contributed by atoms with Crippen molar-refractivity contribution >= 4 is 55.5 Å². The Hall–Kier alpha value is -5.48. The molecule has 1 amide bonds. The summed E-state index contributed by atoms with van der Waals surface area (Å²) in [4.78, 5) is 40.1. The maximum atomic E-state index is 14.1. The average molecular weight is 923 g/mol. The zero-order valence-corrected chi connectivity index (χ0v) is 38.6. The number of nitro groups is 1. The molecule has 2 aromatic heterocycles. The van der Waals surface area contributed by atoms with Crippen molar-refractivity contribution in [1.82, 2.24) is 24.5 Å². The highest BCUT2D eigenvalue weighted by Gasteiger charge is 2.33. The molecular weight excluding hydrogens is 866 g/mol. The number of rotatable bonds is 13. The van der Waals surface area contributed by atoms with E-state index < -0.39 is 25.7 Å². The molecule has 2 fully saturated rings. The van der Waals surface area contributed by atoms with Crippen molar-refractivity contribution in [2.45, 2.75) is 70.1 Å². The van der Waals surface area contributed by atoms with E-state index in [1.165, 1.54) is 48.2 Å². The molecule has 65 heavy (non-hydrogen) atoms. The Balaban J connectivity index is 0.928. The minimum absolute atomic E-state index is 0.0349. The molecule has 2 N–H and O–H groups in total. The van der Waals surface area contributed by atoms with Crippen LogP contribution in [0.5, 0.6) is 17.2 Å². The number of piperidine rings is 1. The molecular formula is C49H56ClN7O7S. The molecule has 5 aromatic rings. The largest absolute Gasteiger partial charge is 0.493 e. The number of fused-ring (bicyclic) bond motifs is 2. The van der Waals surface area contributed by atoms with Crippen LogP contribution in [0.25, 0.3) is 16.6 Å². The number of nitro benzene ring substituents is 1. The number of aromatic amines is 1. The SMILES string of the molecule is CC1(C)CCC(CN2CCN(c3ccc(C(=O)NS(=O)(=O)c4cc5c(c([N+](=O)[O-])c4)C[C@@H](CCN4CCCCC4)CO5)c(Oc4cnc5[nH]ccc5c4)c3)CC2)=C(c2ccc(Cl)cc2)C1. The van der Waals surface area contributed by atoms with Crippen molar-refractivity contribution in [3.05, 3.63) is 117 Å². The number of amides is 1. The Morgan fingerprint density at radius 3 is 2.55 bits per heavy atom. The first-order valence-electron chi connectivity index (χ1n) is 22.7. The first-order chi connectivity index (χ1) is 31.3. The molecule has 0 saturated carbocycles. The lowest BCUT2D eigenvalue weighted by Crippen LogP contribution is -2.47. The fraction of sp³-hybridized carbons (Fsp3) is 0.429. The van der Waals surface area contributed by atoms with Crippen molar-refractivity contribution in [3.63, 3.8) is 0 Å². The number of ether oxygens (including phenoxy) is 2. The van der Waals surface area contributed by atoms with E-state index in [9.17, 15) is 23.3 Å². The van der Waals surface area contributed by atoms with Gasteiger partial charge in [0.25, 0.3) is 21.6 Å². The second-order valence-electron chi connectivity index (χ2n) is 18.7. The minimum atomic E-state index is -4.61. The van der Waals surface area contributed by atoms with Crippen molar-refractivity contribution < 1.29 is 27.6 Å². The van der Waals surface area contributed by atoms with Gasteiger partial charge in [-0.1, -0.05) is 49.6 Å². The zero-order valence-electron chi connectivity index (χ0n) is 37.0. The summed E-state index contributed by atoms with van der Waals surface area (Å²) >= 11 is 6.25. The Labute approximate surface area is 385 Å². The van der Waals surface area contributed by atoms with Gasteiger partial charge in [0.2, 0.25) is 0 Å². The van der Waals surface area contributed by atoms with Gasteiger partial charge in [0.05, 0.1) is 33.7 Å². The van der Waals surface area contributed by atoms with Crippen LogP contribution < -0.4 is 19.1 Å². The normalized spacial score (nSPS) is 19.4. The number of aromatic nitrogens is 2. The molecule has 14 nitrogen and oxygen atoms in total. The Bertz CT molecular complexity index is 2720. The highest BCUT2D eigenvalue weighted by atomic mass is 35.5. The molecule has 0 bridgehead atoms. The monoisotopic (exact) mass is 921 g/mol. The summed E-state index contributed by atoms with van der Waals surface area (Å²) in [5, 5.41) is 13.9. The van der Waals surface area contributed by atoms with Gasteiger partial charge in [0.1, 0.15) is 22.9 Å². The van der Waals surface area contributed by atoms with Gasteiger partial charge in [-0.05, 0) is 123 Å². The zero-order chi connectivity index (χ0) is 45.3. The number of carbonyl (C=O) groups is 1. The smallest absolute Gasteiger partial charge is 0.277 e. The highest BCUT2D eigenvalue weighted by Crippen LogP contribution is 2.44. The van der Waals surface area contributed by atoms with Crippen LogP contribution in [0.2, 0.25) is 5.02 Å². The topological polar surface area (TPSA) is 163 Å². The van der Waals surface area contributed by atoms with Crippen LogP contribution >= 0.6 is 11.6 Å². The van der Waals surface area contributed by atoms with E-state index in [2.05, 4.69) is 55.4 Å². The van der Waals surface area contributed by atoms with Gasteiger partial charge in [0.15, 0.2) is 0 Å². The van der Waals surface area contributed by atoms with Crippen molar-refractivity contribution in [2.75, 3.05) is 63.9 Å². The number of piperazine rings is 1. The number of nitrogens with zero attached hydrogens (tertiary/aromatic N) is 5. The van der Waals surface area contributed by atoms with Crippen LogP contribution in [-0.4, -0.2) is 98.0 Å². The molecule has 0 unspecified atom stereocenters. The number of hydrogen-bond donors (Lipinski definition) is 2. The van der Waals surface area contributed by atoms with Crippen molar-refractivity contribution in [2.24, 2.45) is 11.3 Å². The quantitative estimate of drug-likeness (QED) is 0.0855. The predicted octanol–water partition coefficient (Wildman–Crippen LogP) is 9.25. The number of hydrogen-bond acceptors (Lipinski definition) is 11. The number of anilines is 1. The van der Waals surface area contributed by atoms with Gasteiger partial charge >= 0.3 is 0 Å². The molecule has 5 heterocycles. The number of pyridine rings is 1. The van der Waals surface area contributed by atoms with Crippen LogP contribution in [0.1, 0.15) is 80.3 Å². The predicted molar refractivity (Wildman–Crippen MR) is 253 cm³/mol. The van der Waals surface area contributed by atoms with Gasteiger partial charge in [-0.2, -0.15) is 0 Å². The van der Waals surface area contributed by atoms with E-state index in [4.69, 9.17) is 21.1 Å². The van der Waals surface area contributed by atoms with Crippen molar-refractivity contribution in [3.8, 4) is 17.2 Å². The number of carbonyl (C=O) groups excluding carboxylic acids is 1. The molecule has 1 aliphatic carbocycles. The maximum absolute atomic E-state index is 14.1. The fourth-order valence-electron chi connectivity index (χ4n) is 9.76. The number of allylic oxidation sites excluding steroid dienone is 1. The van der Waals surface area contributed by atoms with E-state index in [0.717, 1.165) is 100 Å². The second kappa shape index (κ2) is 18.8. The van der Waals surface area contributed by atoms with E-state index in [1.807, 2.05) is 18.2 Å². The summed E-state index contributed by atoms with van der Waals surface area (Å²) in [7, 11) is -4.61. The summed E-state index contributed by atoms with van der Waals surface area (Å²) in [5.41, 5.74) is 5.80. The van der Waals surface area contributed by atoms with Gasteiger partial charge in [-0.25, -0.2) is 18.1 Å². The third kappa shape index (κ3) is 10.3. The fourth-order valence-corrected chi connectivity index (χ4v) is 10.9. The molecule has 4 aliphatic rings. The van der Waals surface area contributed by atoms with Gasteiger partial charge < -0.3 is 24.3 Å². The van der Waals surface area contributed by atoms with Crippen molar-refractivity contribution in [1.29, 1.82) is 0 Å². The van der Waals surface area contributed by atoms with Gasteiger partial charge in [0, 0.05) is 73.2 Å². The minimum Gasteiger partial charge on any atom is -0.493 e. The van der Waals surface area contributed by atoms with Gasteiger partial charge in [-0.15, -0.1) is 0 Å². The summed E-state index contributed by atoms with van der Waals surface area (Å²) in [5.74, 6) is -0.264. The lowest BCUT2D eigenvalue weighted by atomic mass is 9.72. The third-order valence-corrected chi connectivity index (χ3v) is 15.1. The van der Waals surface area contributed by atoms with E-state index >= 15 is 0 Å². The molecule has 2 saturated heterocycles. The molecule has 9 rings (SSSR count). The number of sulfonamides is 1. The molecule has 0 radical (unpaired) electrons. The average Bonchev–Trinajstić information content (AvgIpc) is 3.77. The molecule has 0 spiro atoms.